The fraction of sp³-hybridized carbons (Fsp3) is 0.923. The molecule has 1 N–H and O–H groups in total. The second kappa shape index (κ2) is 12.7. The quantitative estimate of drug-likeness (QED) is 0.704. The van der Waals surface area contributed by atoms with Crippen LogP contribution in [0.5, 0.6) is 0 Å². The highest BCUT2D eigenvalue weighted by Crippen LogP contribution is 2.15. The Morgan fingerprint density at radius 1 is 1.45 bits per heavy atom. The van der Waals surface area contributed by atoms with Crippen LogP contribution in [0.2, 0.25) is 0 Å². The van der Waals surface area contributed by atoms with E-state index in [1.807, 2.05) is 11.9 Å². The smallest absolute Gasteiger partial charge is 0.236 e. The van der Waals surface area contributed by atoms with E-state index in [1.54, 1.807) is 7.11 Å². The van der Waals surface area contributed by atoms with E-state index in [-0.39, 0.29) is 30.7 Å². The molecule has 1 rings (SSSR count). The molecule has 0 aromatic rings. The minimum atomic E-state index is 0. The fourth-order valence-electron chi connectivity index (χ4n) is 2.42. The molecule has 1 amide bonds. The predicted molar refractivity (Wildman–Crippen MR) is 87.1 cm³/mol. The number of hydrogen-bond donors (Lipinski definition) is 1. The fourth-order valence-corrected chi connectivity index (χ4v) is 2.42. The third-order valence-electron chi connectivity index (χ3n) is 3.44. The van der Waals surface area contributed by atoms with E-state index in [2.05, 4.69) is 17.3 Å². The van der Waals surface area contributed by atoms with Gasteiger partial charge in [0.25, 0.3) is 0 Å². The number of hydrogen-bond acceptors (Lipinski definition) is 4. The number of rotatable bonds is 7. The zero-order valence-corrected chi connectivity index (χ0v) is 14.4. The van der Waals surface area contributed by atoms with E-state index in [0.29, 0.717) is 19.1 Å². The molecule has 1 fully saturated rings. The topological polar surface area (TPSA) is 44.8 Å². The molecule has 0 aromatic heterocycles. The van der Waals surface area contributed by atoms with E-state index in [0.717, 1.165) is 19.6 Å². The lowest BCUT2D eigenvalue weighted by atomic mass is 9.98. The zero-order chi connectivity index (χ0) is 13.4. The van der Waals surface area contributed by atoms with Crippen molar-refractivity contribution >= 4 is 30.7 Å². The van der Waals surface area contributed by atoms with Gasteiger partial charge in [0.2, 0.25) is 5.91 Å². The first-order valence-electron chi connectivity index (χ1n) is 6.75. The van der Waals surface area contributed by atoms with Crippen LogP contribution in [0.3, 0.4) is 0 Å². The van der Waals surface area contributed by atoms with E-state index < -0.39 is 0 Å². The largest absolute Gasteiger partial charge is 0.383 e. The van der Waals surface area contributed by atoms with Crippen molar-refractivity contribution in [3.63, 3.8) is 0 Å². The Morgan fingerprint density at radius 3 is 2.75 bits per heavy atom. The number of likely N-dealkylation sites (tertiary alicyclic amines) is 1. The Morgan fingerprint density at radius 2 is 2.15 bits per heavy atom. The van der Waals surface area contributed by atoms with Crippen LogP contribution in [0.25, 0.3) is 0 Å². The van der Waals surface area contributed by atoms with Crippen LogP contribution < -0.4 is 5.32 Å². The number of piperidine rings is 1. The highest BCUT2D eigenvalue weighted by molar-refractivity contribution is 5.85. The van der Waals surface area contributed by atoms with Crippen molar-refractivity contribution in [3.05, 3.63) is 0 Å². The van der Waals surface area contributed by atoms with Crippen LogP contribution in [-0.2, 0) is 9.53 Å². The highest BCUT2D eigenvalue weighted by Gasteiger charge is 2.20. The van der Waals surface area contributed by atoms with Crippen molar-refractivity contribution in [2.75, 3.05) is 60.5 Å². The summed E-state index contributed by atoms with van der Waals surface area (Å²) < 4.78 is 4.92. The first-order valence-corrected chi connectivity index (χ1v) is 6.75. The molecular formula is C13H29Cl2N3O2. The number of likely N-dealkylation sites (N-methyl/N-ethyl adjacent to an activating group) is 1. The maximum atomic E-state index is 11.9. The van der Waals surface area contributed by atoms with Gasteiger partial charge in [-0.2, -0.15) is 0 Å². The molecule has 1 aliphatic rings. The van der Waals surface area contributed by atoms with Gasteiger partial charge in [-0.05, 0) is 32.4 Å². The van der Waals surface area contributed by atoms with Gasteiger partial charge in [0.1, 0.15) is 0 Å². The molecule has 0 aliphatic carbocycles. The number of carbonyl (C=O) groups is 1. The van der Waals surface area contributed by atoms with E-state index in [4.69, 9.17) is 4.74 Å². The van der Waals surface area contributed by atoms with Gasteiger partial charge in [0.05, 0.1) is 13.2 Å². The second-order valence-corrected chi connectivity index (χ2v) is 5.21. The molecule has 0 aromatic carbocycles. The molecule has 20 heavy (non-hydrogen) atoms. The number of ether oxygens (including phenoxy) is 1. The molecule has 0 saturated carbocycles. The molecule has 1 saturated heterocycles. The molecule has 0 radical (unpaired) electrons. The summed E-state index contributed by atoms with van der Waals surface area (Å²) >= 11 is 0. The third-order valence-corrected chi connectivity index (χ3v) is 3.44. The van der Waals surface area contributed by atoms with Crippen LogP contribution >= 0.6 is 24.8 Å². The maximum absolute atomic E-state index is 11.9. The molecule has 122 valence electrons. The van der Waals surface area contributed by atoms with Gasteiger partial charge in [-0.15, -0.1) is 24.8 Å². The summed E-state index contributed by atoms with van der Waals surface area (Å²) in [4.78, 5) is 16.1. The summed E-state index contributed by atoms with van der Waals surface area (Å²) in [5.74, 6) is 0.788. The van der Waals surface area contributed by atoms with Crippen molar-refractivity contribution in [1.29, 1.82) is 0 Å². The highest BCUT2D eigenvalue weighted by atomic mass is 35.5. The number of methoxy groups -OCH3 is 1. The predicted octanol–water partition coefficient (Wildman–Crippen LogP) is 0.866. The van der Waals surface area contributed by atoms with Crippen molar-refractivity contribution in [3.8, 4) is 0 Å². The molecule has 1 unspecified atom stereocenters. The van der Waals surface area contributed by atoms with Crippen molar-refractivity contribution in [2.45, 2.75) is 12.8 Å². The Labute approximate surface area is 135 Å². The number of halogens is 2. The number of amides is 1. The molecule has 7 heteroatoms. The van der Waals surface area contributed by atoms with Gasteiger partial charge in [-0.1, -0.05) is 0 Å². The van der Waals surface area contributed by atoms with Crippen LogP contribution in [0.4, 0.5) is 0 Å². The van der Waals surface area contributed by atoms with Gasteiger partial charge in [-0.3, -0.25) is 4.79 Å². The molecule has 1 aliphatic heterocycles. The van der Waals surface area contributed by atoms with Gasteiger partial charge >= 0.3 is 0 Å². The van der Waals surface area contributed by atoms with Crippen LogP contribution in [-0.4, -0.2) is 76.2 Å². The van der Waals surface area contributed by atoms with Crippen LogP contribution in [0.1, 0.15) is 12.8 Å². The maximum Gasteiger partial charge on any atom is 0.236 e. The van der Waals surface area contributed by atoms with Gasteiger partial charge in [0, 0.05) is 33.8 Å². The SMILES string of the molecule is COCCNCC(=O)N(C)CC1CCCN(C)C1.Cl.Cl. The summed E-state index contributed by atoms with van der Waals surface area (Å²) in [6.07, 6.45) is 2.48. The molecule has 1 atom stereocenters. The molecule has 5 nitrogen and oxygen atoms in total. The van der Waals surface area contributed by atoms with Crippen molar-refractivity contribution < 1.29 is 9.53 Å². The van der Waals surface area contributed by atoms with Gasteiger partial charge in [-0.25, -0.2) is 0 Å². The monoisotopic (exact) mass is 329 g/mol. The standard InChI is InChI=1S/C13H27N3O2.2ClH/c1-15-7-4-5-12(10-15)11-16(2)13(17)9-14-6-8-18-3;;/h12,14H,4-11H2,1-3H3;2*1H. The molecular weight excluding hydrogens is 301 g/mol. The number of nitrogens with zero attached hydrogens (tertiary/aromatic N) is 2. The Hall–Kier alpha value is -0.0700. The lowest BCUT2D eigenvalue weighted by Crippen LogP contribution is -2.42. The van der Waals surface area contributed by atoms with E-state index >= 15 is 0 Å². The summed E-state index contributed by atoms with van der Waals surface area (Å²) in [6, 6.07) is 0. The first kappa shape index (κ1) is 22.2. The molecule has 0 spiro atoms. The average Bonchev–Trinajstić information content (AvgIpc) is 2.34. The molecule has 1 heterocycles. The van der Waals surface area contributed by atoms with Crippen molar-refractivity contribution in [2.24, 2.45) is 5.92 Å². The zero-order valence-electron chi connectivity index (χ0n) is 12.8. The van der Waals surface area contributed by atoms with E-state index in [9.17, 15) is 4.79 Å². The van der Waals surface area contributed by atoms with Crippen LogP contribution in [0.15, 0.2) is 0 Å². The third kappa shape index (κ3) is 8.97. The lowest BCUT2D eigenvalue weighted by molar-refractivity contribution is -0.129. The summed E-state index contributed by atoms with van der Waals surface area (Å²) in [5.41, 5.74) is 0. The second-order valence-electron chi connectivity index (χ2n) is 5.21. The molecule has 0 bridgehead atoms. The Balaban J connectivity index is 0. The summed E-state index contributed by atoms with van der Waals surface area (Å²) in [7, 11) is 5.71. The number of nitrogens with one attached hydrogen (secondary N) is 1. The first-order chi connectivity index (χ1) is 8.63. The van der Waals surface area contributed by atoms with Gasteiger partial charge < -0.3 is 19.9 Å². The Kier molecular flexibility index (Phi) is 14.1. The normalized spacial score (nSPS) is 18.9. The van der Waals surface area contributed by atoms with Crippen molar-refractivity contribution in [1.82, 2.24) is 15.1 Å². The van der Waals surface area contributed by atoms with Crippen LogP contribution in [0, 0.1) is 5.92 Å². The summed E-state index contributed by atoms with van der Waals surface area (Å²) in [5, 5.41) is 3.09. The summed E-state index contributed by atoms with van der Waals surface area (Å²) in [6.45, 7) is 4.94. The number of carbonyl (C=O) groups excluding carboxylic acids is 1. The van der Waals surface area contributed by atoms with E-state index in [1.165, 1.54) is 19.4 Å². The minimum absolute atomic E-state index is 0. The lowest BCUT2D eigenvalue weighted by Gasteiger charge is -2.32. The van der Waals surface area contributed by atoms with Gasteiger partial charge in [0.15, 0.2) is 0 Å². The Bertz CT molecular complexity index is 258. The average molecular weight is 330 g/mol. The minimum Gasteiger partial charge on any atom is -0.383 e.